The molecule has 0 aliphatic heterocycles. The second kappa shape index (κ2) is 6.74. The topological polar surface area (TPSA) is 69.3 Å². The normalized spacial score (nSPS) is 11.2. The number of hydrogen-bond acceptors (Lipinski definition) is 4. The Morgan fingerprint density at radius 2 is 1.92 bits per heavy atom. The van der Waals surface area contributed by atoms with Crippen LogP contribution >= 0.6 is 34.2 Å². The van der Waals surface area contributed by atoms with Crippen LogP contribution < -0.4 is 11.4 Å². The lowest BCUT2D eigenvalue weighted by Crippen LogP contribution is -2.29. The van der Waals surface area contributed by atoms with Gasteiger partial charge < -0.3 is 4.42 Å². The number of hydrogen-bond donors (Lipinski definition) is 0. The first-order chi connectivity index (χ1) is 11.5. The summed E-state index contributed by atoms with van der Waals surface area (Å²) in [6.45, 7) is 0. The van der Waals surface area contributed by atoms with Crippen molar-refractivity contribution in [3.8, 4) is 0 Å². The summed E-state index contributed by atoms with van der Waals surface area (Å²) in [5, 5.41) is 0.647. The number of aromatic nitrogens is 1. The van der Waals surface area contributed by atoms with Crippen molar-refractivity contribution in [2.24, 2.45) is 0 Å². The molecule has 0 N–H and O–H groups in total. The van der Waals surface area contributed by atoms with E-state index in [1.54, 1.807) is 36.4 Å². The maximum absolute atomic E-state index is 12.4. The Morgan fingerprint density at radius 1 is 1.17 bits per heavy atom. The Morgan fingerprint density at radius 3 is 2.67 bits per heavy atom. The maximum atomic E-state index is 12.4. The molecule has 120 valence electrons. The molecule has 7 heteroatoms. The number of fused-ring (bicyclic) bond motifs is 1. The molecule has 3 aromatic rings. The summed E-state index contributed by atoms with van der Waals surface area (Å²) in [4.78, 5) is 36.2. The number of carbonyl (C=O) groups is 1. The van der Waals surface area contributed by atoms with Crippen LogP contribution in [-0.4, -0.2) is 10.5 Å². The molecular weight excluding hydrogens is 445 g/mol. The highest BCUT2D eigenvalue weighted by molar-refractivity contribution is 14.1. The third kappa shape index (κ3) is 3.20. The van der Waals surface area contributed by atoms with E-state index in [4.69, 9.17) is 11.6 Å². The zero-order valence-corrected chi connectivity index (χ0v) is 14.9. The Bertz CT molecular complexity index is 1100. The SMILES string of the molecule is O=C(/C=C/c1ccccc1Cl)n1c(=O)oc(=O)c2cc(I)ccc21. The van der Waals surface area contributed by atoms with Gasteiger partial charge in [-0.1, -0.05) is 29.8 Å². The fourth-order valence-electron chi connectivity index (χ4n) is 2.20. The second-order valence-electron chi connectivity index (χ2n) is 4.85. The minimum Gasteiger partial charge on any atom is -0.372 e. The highest BCUT2D eigenvalue weighted by Gasteiger charge is 2.14. The first-order valence-electron chi connectivity index (χ1n) is 6.80. The highest BCUT2D eigenvalue weighted by atomic mass is 127. The van der Waals surface area contributed by atoms with E-state index in [2.05, 4.69) is 4.42 Å². The lowest BCUT2D eigenvalue weighted by molar-refractivity contribution is 0.0961. The van der Waals surface area contributed by atoms with Crippen LogP contribution in [0.2, 0.25) is 5.02 Å². The van der Waals surface area contributed by atoms with E-state index >= 15 is 0 Å². The van der Waals surface area contributed by atoms with Gasteiger partial charge in [0, 0.05) is 14.7 Å². The van der Waals surface area contributed by atoms with Crippen molar-refractivity contribution >= 4 is 57.1 Å². The lowest BCUT2D eigenvalue weighted by Gasteiger charge is -2.05. The number of rotatable bonds is 2. The number of benzene rings is 2. The number of halogens is 2. The molecule has 0 atom stereocenters. The quantitative estimate of drug-likeness (QED) is 0.439. The summed E-state index contributed by atoms with van der Waals surface area (Å²) in [7, 11) is 0. The van der Waals surface area contributed by atoms with Crippen molar-refractivity contribution < 1.29 is 9.21 Å². The predicted molar refractivity (Wildman–Crippen MR) is 101 cm³/mol. The van der Waals surface area contributed by atoms with Crippen LogP contribution in [0, 0.1) is 3.57 Å². The van der Waals surface area contributed by atoms with E-state index in [1.807, 2.05) is 22.6 Å². The van der Waals surface area contributed by atoms with Gasteiger partial charge in [-0.05, 0) is 58.5 Å². The molecule has 2 aromatic carbocycles. The molecule has 3 rings (SSSR count). The molecule has 0 aliphatic rings. The average molecular weight is 454 g/mol. The molecule has 0 aliphatic carbocycles. The van der Waals surface area contributed by atoms with Crippen molar-refractivity contribution in [1.29, 1.82) is 0 Å². The van der Waals surface area contributed by atoms with Crippen LogP contribution in [0.3, 0.4) is 0 Å². The molecule has 5 nitrogen and oxygen atoms in total. The number of carbonyl (C=O) groups excluding carboxylic acids is 1. The third-order valence-electron chi connectivity index (χ3n) is 3.31. The lowest BCUT2D eigenvalue weighted by atomic mass is 10.2. The van der Waals surface area contributed by atoms with E-state index in [0.29, 0.717) is 10.6 Å². The van der Waals surface area contributed by atoms with Gasteiger partial charge in [0.25, 0.3) is 5.91 Å². The van der Waals surface area contributed by atoms with E-state index in [1.165, 1.54) is 18.2 Å². The molecule has 0 unspecified atom stereocenters. The van der Waals surface area contributed by atoms with Gasteiger partial charge in [-0.3, -0.25) is 4.79 Å². The molecule has 1 aromatic heterocycles. The Kier molecular flexibility index (Phi) is 4.68. The third-order valence-corrected chi connectivity index (χ3v) is 4.33. The molecule has 0 saturated heterocycles. The molecule has 0 saturated carbocycles. The molecule has 0 fully saturated rings. The van der Waals surface area contributed by atoms with E-state index < -0.39 is 17.3 Å². The van der Waals surface area contributed by atoms with Crippen LogP contribution in [0.1, 0.15) is 10.4 Å². The van der Waals surface area contributed by atoms with Crippen molar-refractivity contribution in [1.82, 2.24) is 4.57 Å². The van der Waals surface area contributed by atoms with E-state index in [0.717, 1.165) is 8.14 Å². The summed E-state index contributed by atoms with van der Waals surface area (Å²) < 4.78 is 6.25. The monoisotopic (exact) mass is 453 g/mol. The average Bonchev–Trinajstić information content (AvgIpc) is 2.54. The minimum absolute atomic E-state index is 0.168. The van der Waals surface area contributed by atoms with Crippen molar-refractivity contribution in [2.75, 3.05) is 0 Å². The van der Waals surface area contributed by atoms with Crippen LogP contribution in [0.4, 0.5) is 0 Å². The molecule has 0 radical (unpaired) electrons. The van der Waals surface area contributed by atoms with Crippen molar-refractivity contribution in [2.45, 2.75) is 0 Å². The van der Waals surface area contributed by atoms with Crippen LogP contribution in [0.25, 0.3) is 17.0 Å². The molecule has 0 spiro atoms. The summed E-state index contributed by atoms with van der Waals surface area (Å²) in [6, 6.07) is 11.8. The van der Waals surface area contributed by atoms with Crippen LogP contribution in [0.15, 0.2) is 62.5 Å². The van der Waals surface area contributed by atoms with E-state index in [9.17, 15) is 14.4 Å². The van der Waals surface area contributed by atoms with Gasteiger partial charge >= 0.3 is 11.4 Å². The number of allylic oxidation sites excluding steroid dienone is 1. The van der Waals surface area contributed by atoms with Gasteiger partial charge in [-0.15, -0.1) is 0 Å². The highest BCUT2D eigenvalue weighted by Crippen LogP contribution is 2.17. The molecule has 1 heterocycles. The predicted octanol–water partition coefficient (Wildman–Crippen LogP) is 3.57. The molecule has 0 bridgehead atoms. The summed E-state index contributed by atoms with van der Waals surface area (Å²) in [6.07, 6.45) is 2.71. The standard InChI is InChI=1S/C17H9ClINO4/c18-13-4-2-1-3-10(13)5-8-15(21)20-14-7-6-11(19)9-12(14)16(22)24-17(20)23/h1-9H/b8-5+. The molecular formula is C17H9ClINO4. The summed E-state index contributed by atoms with van der Waals surface area (Å²) >= 11 is 8.06. The van der Waals surface area contributed by atoms with Crippen molar-refractivity contribution in [3.05, 3.63) is 83.7 Å². The van der Waals surface area contributed by atoms with Gasteiger partial charge in [0.2, 0.25) is 0 Å². The number of nitrogens with zero attached hydrogens (tertiary/aromatic N) is 1. The summed E-state index contributed by atoms with van der Waals surface area (Å²) in [5.41, 5.74) is 0.0647. The maximum Gasteiger partial charge on any atom is 0.429 e. The summed E-state index contributed by atoms with van der Waals surface area (Å²) in [5.74, 6) is -1.66. The minimum atomic E-state index is -1.03. The largest absolute Gasteiger partial charge is 0.429 e. The Hall–Kier alpha value is -2.19. The Labute approximate surface area is 154 Å². The zero-order valence-electron chi connectivity index (χ0n) is 12.0. The van der Waals surface area contributed by atoms with Gasteiger partial charge in [0.05, 0.1) is 10.9 Å². The molecule has 24 heavy (non-hydrogen) atoms. The molecule has 0 amide bonds. The zero-order chi connectivity index (χ0) is 17.3. The van der Waals surface area contributed by atoms with E-state index in [-0.39, 0.29) is 10.9 Å². The van der Waals surface area contributed by atoms with Gasteiger partial charge in [-0.2, -0.15) is 0 Å². The second-order valence-corrected chi connectivity index (χ2v) is 6.50. The van der Waals surface area contributed by atoms with Crippen LogP contribution in [-0.2, 0) is 0 Å². The van der Waals surface area contributed by atoms with Gasteiger partial charge in [0.1, 0.15) is 0 Å². The first kappa shape index (κ1) is 16.7. The fraction of sp³-hybridized carbons (Fsp3) is 0. The first-order valence-corrected chi connectivity index (χ1v) is 8.25. The fourth-order valence-corrected chi connectivity index (χ4v) is 2.89. The van der Waals surface area contributed by atoms with Crippen LogP contribution in [0.5, 0.6) is 0 Å². The smallest absolute Gasteiger partial charge is 0.372 e. The van der Waals surface area contributed by atoms with Gasteiger partial charge in [-0.25, -0.2) is 14.2 Å². The Balaban J connectivity index is 2.13. The van der Waals surface area contributed by atoms with Gasteiger partial charge in [0.15, 0.2) is 0 Å². The van der Waals surface area contributed by atoms with Crippen molar-refractivity contribution in [3.63, 3.8) is 0 Å².